The smallest absolute Gasteiger partial charge is 0.268 e. The summed E-state index contributed by atoms with van der Waals surface area (Å²) in [5.41, 5.74) is 0. The number of nitrogens with zero attached hydrogens (tertiary/aromatic N) is 4. The maximum absolute atomic E-state index is 10.0. The maximum atomic E-state index is 10.0. The van der Waals surface area contributed by atoms with Gasteiger partial charge < -0.3 is 0 Å². The molecule has 1 aromatic heterocycles. The summed E-state index contributed by atoms with van der Waals surface area (Å²) >= 11 is 0. The van der Waals surface area contributed by atoms with Crippen LogP contribution in [0, 0.1) is 6.33 Å². The molecule has 10 heavy (non-hydrogen) atoms. The average Bonchev–Trinajstić information content (AvgIpc) is 2.12. The minimum atomic E-state index is -4.31. The van der Waals surface area contributed by atoms with E-state index in [2.05, 4.69) is 15.5 Å². The highest BCUT2D eigenvalue weighted by Crippen LogP contribution is 1.75. The molecule has 0 bridgehead atoms. The molecule has 0 unspecified atom stereocenters. The fourth-order valence-corrected chi connectivity index (χ4v) is 0.586. The van der Waals surface area contributed by atoms with Crippen LogP contribution in [0.5, 0.6) is 0 Å². The van der Waals surface area contributed by atoms with Gasteiger partial charge in [-0.1, -0.05) is 0 Å². The zero-order chi connectivity index (χ0) is 7.61. The first kappa shape index (κ1) is 6.89. The van der Waals surface area contributed by atoms with E-state index in [9.17, 15) is 8.42 Å². The summed E-state index contributed by atoms with van der Waals surface area (Å²) < 4.78 is 28.1. The van der Waals surface area contributed by atoms with Crippen molar-refractivity contribution < 1.29 is 13.0 Å². The van der Waals surface area contributed by atoms with Crippen molar-refractivity contribution in [3.8, 4) is 0 Å². The molecule has 0 atom stereocenters. The molecule has 0 saturated carbocycles. The minimum absolute atomic E-state index is 0.523. The van der Waals surface area contributed by atoms with Gasteiger partial charge in [0, 0.05) is 0 Å². The van der Waals surface area contributed by atoms with Gasteiger partial charge in [0.25, 0.3) is 0 Å². The molecule has 0 saturated heterocycles. The summed E-state index contributed by atoms with van der Waals surface area (Å²) in [4.78, 5) is 2.04. The van der Waals surface area contributed by atoms with E-state index in [0.29, 0.717) is 4.79 Å². The van der Waals surface area contributed by atoms with Gasteiger partial charge in [-0.3, -0.25) is 4.55 Å². The Hall–Kier alpha value is -1.22. The third-order valence-corrected chi connectivity index (χ3v) is 0.919. The summed E-state index contributed by atoms with van der Waals surface area (Å²) in [6, 6.07) is 0. The molecule has 1 rings (SSSR count). The summed E-state index contributed by atoms with van der Waals surface area (Å²) in [7, 11) is -4.31. The molecule has 1 aromatic rings. The van der Waals surface area contributed by atoms with Crippen LogP contribution in [0.2, 0.25) is 0 Å². The van der Waals surface area contributed by atoms with E-state index in [4.69, 9.17) is 4.55 Å². The van der Waals surface area contributed by atoms with E-state index in [-0.39, 0.29) is 0 Å². The Morgan fingerprint density at radius 3 is 2.70 bits per heavy atom. The Labute approximate surface area is 55.7 Å². The molecule has 0 aromatic carbocycles. The van der Waals surface area contributed by atoms with Crippen LogP contribution in [-0.4, -0.2) is 33.3 Å². The van der Waals surface area contributed by atoms with Crippen molar-refractivity contribution in [2.75, 3.05) is 4.83 Å². The molecule has 0 spiro atoms. The second kappa shape index (κ2) is 2.19. The molecule has 0 amide bonds. The molecule has 0 aliphatic carbocycles. The lowest BCUT2D eigenvalue weighted by atomic mass is 11.4. The van der Waals surface area contributed by atoms with Crippen LogP contribution in [0.4, 0.5) is 0 Å². The van der Waals surface area contributed by atoms with E-state index in [1.807, 2.05) is 6.33 Å². The Morgan fingerprint density at radius 1 is 1.60 bits per heavy atom. The summed E-state index contributed by atoms with van der Waals surface area (Å²) in [6.07, 6.45) is 1.99. The molecule has 55 valence electrons. The first-order valence-electron chi connectivity index (χ1n) is 1.99. The highest BCUT2D eigenvalue weighted by atomic mass is 32.2. The third kappa shape index (κ3) is 1.95. The van der Waals surface area contributed by atoms with Crippen molar-refractivity contribution in [3.05, 3.63) is 6.33 Å². The summed E-state index contributed by atoms with van der Waals surface area (Å²) in [5.74, 6) is 0. The third-order valence-electron chi connectivity index (χ3n) is 0.515. The molecule has 2 N–H and O–H groups in total. The standard InChI is InChI=1S/CH2N5O3S/c7-10(8,9)5-6-1-2-3-4-6/h5H,(H,7,8,9). The van der Waals surface area contributed by atoms with Crippen LogP contribution < -0.4 is 4.83 Å². The van der Waals surface area contributed by atoms with E-state index < -0.39 is 10.3 Å². The zero-order valence-corrected chi connectivity index (χ0v) is 5.28. The van der Waals surface area contributed by atoms with Crippen molar-refractivity contribution in [1.29, 1.82) is 0 Å². The molecule has 1 radical (unpaired) electrons. The van der Waals surface area contributed by atoms with Gasteiger partial charge in [-0.15, -0.1) is 9.89 Å². The van der Waals surface area contributed by atoms with Gasteiger partial charge in [0.2, 0.25) is 6.33 Å². The second-order valence-electron chi connectivity index (χ2n) is 1.26. The second-order valence-corrected chi connectivity index (χ2v) is 2.39. The Morgan fingerprint density at radius 2 is 2.30 bits per heavy atom. The highest BCUT2D eigenvalue weighted by molar-refractivity contribution is 7.86. The number of nitrogens with one attached hydrogen (secondary N) is 1. The maximum Gasteiger partial charge on any atom is 0.372 e. The molecule has 0 aliphatic heterocycles. The molecule has 9 heteroatoms. The number of tetrazole rings is 1. The van der Waals surface area contributed by atoms with Crippen molar-refractivity contribution in [3.63, 3.8) is 0 Å². The largest absolute Gasteiger partial charge is 0.372 e. The van der Waals surface area contributed by atoms with E-state index >= 15 is 0 Å². The van der Waals surface area contributed by atoms with Gasteiger partial charge in [-0.25, -0.2) is 0 Å². The van der Waals surface area contributed by atoms with Gasteiger partial charge >= 0.3 is 10.3 Å². The fraction of sp³-hybridized carbons (Fsp3) is 0. The lowest BCUT2D eigenvalue weighted by Gasteiger charge is -1.95. The van der Waals surface area contributed by atoms with Crippen LogP contribution in [0.1, 0.15) is 0 Å². The van der Waals surface area contributed by atoms with Crippen LogP contribution in [0.15, 0.2) is 0 Å². The first-order valence-corrected chi connectivity index (χ1v) is 3.43. The fourth-order valence-electron chi connectivity index (χ4n) is 0.290. The molecular formula is CH2N5O3S. The summed E-state index contributed by atoms with van der Waals surface area (Å²) in [6.45, 7) is 0. The number of rotatable bonds is 2. The molecular weight excluding hydrogens is 162 g/mol. The van der Waals surface area contributed by atoms with Crippen molar-refractivity contribution in [2.45, 2.75) is 0 Å². The van der Waals surface area contributed by atoms with Crippen LogP contribution in [0.3, 0.4) is 0 Å². The highest BCUT2D eigenvalue weighted by Gasteiger charge is 2.02. The van der Waals surface area contributed by atoms with Gasteiger partial charge in [-0.2, -0.15) is 13.2 Å². The predicted molar refractivity (Wildman–Crippen MR) is 27.6 cm³/mol. The number of hydrogen-bond acceptors (Lipinski definition) is 5. The minimum Gasteiger partial charge on any atom is -0.268 e. The normalized spacial score (nSPS) is 11.3. The first-order chi connectivity index (χ1) is 4.58. The molecule has 0 fully saturated rings. The lowest BCUT2D eigenvalue weighted by Crippen LogP contribution is -2.22. The molecule has 1 heterocycles. The number of aromatic nitrogens is 4. The Bertz CT molecular complexity index is 287. The number of hydrogen-bond donors (Lipinski definition) is 2. The van der Waals surface area contributed by atoms with Gasteiger partial charge in [0.1, 0.15) is 0 Å². The summed E-state index contributed by atoms with van der Waals surface area (Å²) in [5, 5.41) is 9.07. The van der Waals surface area contributed by atoms with E-state index in [0.717, 1.165) is 0 Å². The topological polar surface area (TPSA) is 110 Å². The van der Waals surface area contributed by atoms with Crippen molar-refractivity contribution in [2.24, 2.45) is 0 Å². The monoisotopic (exact) mass is 164 g/mol. The lowest BCUT2D eigenvalue weighted by molar-refractivity contribution is 0.480. The van der Waals surface area contributed by atoms with E-state index in [1.165, 1.54) is 4.83 Å². The molecule has 0 aliphatic rings. The van der Waals surface area contributed by atoms with E-state index in [1.54, 1.807) is 0 Å². The molecule has 8 nitrogen and oxygen atoms in total. The zero-order valence-electron chi connectivity index (χ0n) is 4.46. The predicted octanol–water partition coefficient (Wildman–Crippen LogP) is -2.18. The van der Waals surface area contributed by atoms with Gasteiger partial charge in [0.05, 0.1) is 0 Å². The SMILES string of the molecule is O=S(=O)(O)Nn1[c]nnn1. The average molecular weight is 164 g/mol. The van der Waals surface area contributed by atoms with Crippen LogP contribution in [0.25, 0.3) is 0 Å². The Kier molecular flexibility index (Phi) is 1.51. The van der Waals surface area contributed by atoms with Crippen LogP contribution in [-0.2, 0) is 10.3 Å². The Balaban J connectivity index is 2.75. The quantitative estimate of drug-likeness (QED) is 0.481. The van der Waals surface area contributed by atoms with Gasteiger partial charge in [-0.05, 0) is 10.4 Å². The van der Waals surface area contributed by atoms with Crippen molar-refractivity contribution >= 4 is 10.3 Å². The van der Waals surface area contributed by atoms with Gasteiger partial charge in [0.15, 0.2) is 0 Å². The van der Waals surface area contributed by atoms with Crippen molar-refractivity contribution in [1.82, 2.24) is 20.3 Å². The van der Waals surface area contributed by atoms with Crippen LogP contribution >= 0.6 is 0 Å².